The van der Waals surface area contributed by atoms with Gasteiger partial charge in [0.25, 0.3) is 0 Å². The van der Waals surface area contributed by atoms with Crippen LogP contribution in [0.2, 0.25) is 0 Å². The van der Waals surface area contributed by atoms with Crippen molar-refractivity contribution in [2.24, 2.45) is 5.92 Å². The molecule has 6 nitrogen and oxygen atoms in total. The van der Waals surface area contributed by atoms with E-state index in [1.807, 2.05) is 37.3 Å². The van der Waals surface area contributed by atoms with Gasteiger partial charge in [-0.1, -0.05) is 48.0 Å². The fraction of sp³-hybridized carbons (Fsp3) is 0.409. The molecule has 0 heterocycles. The number of benzene rings is 2. The van der Waals surface area contributed by atoms with Crippen LogP contribution in [-0.2, 0) is 21.4 Å². The van der Waals surface area contributed by atoms with E-state index in [2.05, 4.69) is 10.0 Å². The van der Waals surface area contributed by atoms with Gasteiger partial charge in [-0.05, 0) is 56.2 Å². The van der Waals surface area contributed by atoms with E-state index in [1.54, 1.807) is 24.3 Å². The first-order valence-electron chi connectivity index (χ1n) is 9.86. The van der Waals surface area contributed by atoms with Crippen LogP contribution in [0.5, 0.6) is 0 Å². The Morgan fingerprint density at radius 3 is 2.23 bits per heavy atom. The smallest absolute Gasteiger partial charge is 0.550 e. The summed E-state index contributed by atoms with van der Waals surface area (Å²) in [6.07, 6.45) is 1.68. The van der Waals surface area contributed by atoms with Crippen molar-refractivity contribution in [3.8, 4) is 0 Å². The van der Waals surface area contributed by atoms with Gasteiger partial charge in [0, 0.05) is 24.6 Å². The Bertz CT molecular complexity index is 925. The number of rotatable bonds is 8. The monoisotopic (exact) mass is 422 g/mol. The molecule has 0 radical (unpaired) electrons. The first-order chi connectivity index (χ1) is 13.8. The predicted molar refractivity (Wildman–Crippen MR) is 109 cm³/mol. The number of carboxylic acid groups (broad SMARTS) is 1. The van der Waals surface area contributed by atoms with Crippen molar-refractivity contribution >= 4 is 16.0 Å². The van der Waals surface area contributed by atoms with Crippen LogP contribution in [0.1, 0.15) is 36.8 Å². The molecule has 0 spiro atoms. The molecule has 156 valence electrons. The van der Waals surface area contributed by atoms with Gasteiger partial charge in [-0.3, -0.25) is 0 Å². The van der Waals surface area contributed by atoms with E-state index in [1.165, 1.54) is 0 Å². The van der Waals surface area contributed by atoms with Crippen molar-refractivity contribution in [1.82, 2.24) is 10.0 Å². The fourth-order valence-electron chi connectivity index (χ4n) is 3.82. The van der Waals surface area contributed by atoms with Crippen molar-refractivity contribution < 1.29 is 37.2 Å². The molecule has 1 aliphatic rings. The molecule has 0 aliphatic heterocycles. The molecule has 1 aliphatic carbocycles. The molecule has 0 bridgehead atoms. The zero-order valence-electron chi connectivity index (χ0n) is 17.6. The Balaban J connectivity index is 0.00000320. The summed E-state index contributed by atoms with van der Waals surface area (Å²) in [7, 11) is -3.72. The van der Waals surface area contributed by atoms with Crippen molar-refractivity contribution in [1.29, 1.82) is 0 Å². The van der Waals surface area contributed by atoms with Crippen molar-refractivity contribution in [3.63, 3.8) is 0 Å². The van der Waals surface area contributed by atoms with E-state index < -0.39 is 27.4 Å². The first-order valence-corrected chi connectivity index (χ1v) is 11.3. The summed E-state index contributed by atoms with van der Waals surface area (Å²) in [4.78, 5) is 11.5. The molecule has 0 saturated heterocycles. The maximum Gasteiger partial charge on any atom is 1.00 e. The summed E-state index contributed by atoms with van der Waals surface area (Å²) in [6, 6.07) is 16.6. The molecule has 0 amide bonds. The predicted octanol–water partition coefficient (Wildman–Crippen LogP) is -1.25. The number of hydrogen-bond acceptors (Lipinski definition) is 5. The number of carboxylic acids is 1. The Morgan fingerprint density at radius 1 is 1.07 bits per heavy atom. The Kier molecular flexibility index (Phi) is 8.71. The van der Waals surface area contributed by atoms with Crippen molar-refractivity contribution in [2.75, 3.05) is 6.54 Å². The molecule has 8 heteroatoms. The van der Waals surface area contributed by atoms with E-state index in [-0.39, 0.29) is 23.8 Å². The first kappa shape index (κ1) is 24.6. The maximum atomic E-state index is 13.0. The molecule has 2 N–H and O–H groups in total. The second kappa shape index (κ2) is 10.6. The third-order valence-electron chi connectivity index (χ3n) is 5.59. The van der Waals surface area contributed by atoms with Crippen LogP contribution in [0.4, 0.5) is 0 Å². The van der Waals surface area contributed by atoms with Gasteiger partial charge < -0.3 is 15.2 Å². The van der Waals surface area contributed by atoms with Crippen LogP contribution in [0.3, 0.4) is 0 Å². The number of aliphatic carboxylic acids is 1. The number of hydrogen-bond donors (Lipinski definition) is 2. The summed E-state index contributed by atoms with van der Waals surface area (Å²) in [5, 5.41) is 14.6. The third kappa shape index (κ3) is 6.44. The summed E-state index contributed by atoms with van der Waals surface area (Å²) >= 11 is 0. The van der Waals surface area contributed by atoms with E-state index in [4.69, 9.17) is 0 Å². The Labute approximate surface area is 190 Å². The molecule has 0 atom stereocenters. The summed E-state index contributed by atoms with van der Waals surface area (Å²) in [5.74, 6) is -1.58. The number of carbonyl (C=O) groups is 1. The molecule has 0 unspecified atom stereocenters. The fourth-order valence-corrected chi connectivity index (χ4v) is 5.28. The second-order valence-corrected chi connectivity index (χ2v) is 9.56. The van der Waals surface area contributed by atoms with Gasteiger partial charge in [-0.25, -0.2) is 13.1 Å². The van der Waals surface area contributed by atoms with Crippen molar-refractivity contribution in [2.45, 2.75) is 49.6 Å². The van der Waals surface area contributed by atoms with Gasteiger partial charge in [0.1, 0.15) is 0 Å². The SMILES string of the molecule is Cc1ccc(S(=O)(=O)NC2(CNCc3ccccc3)CCC(C(=O)[O-])CC2)cc1.[Li+]. The third-order valence-corrected chi connectivity index (χ3v) is 7.19. The number of aryl methyl sites for hydroxylation is 1. The van der Waals surface area contributed by atoms with Gasteiger partial charge in [0.2, 0.25) is 10.0 Å². The quantitative estimate of drug-likeness (QED) is 0.518. The molecular weight excluding hydrogens is 395 g/mol. The molecule has 0 aromatic heterocycles. The van der Waals surface area contributed by atoms with Crippen LogP contribution in [0.15, 0.2) is 59.5 Å². The van der Waals surface area contributed by atoms with Gasteiger partial charge in [-0.2, -0.15) is 0 Å². The summed E-state index contributed by atoms with van der Waals surface area (Å²) in [5.41, 5.74) is 1.36. The largest absolute Gasteiger partial charge is 1.00 e. The molecule has 1 fully saturated rings. The maximum absolute atomic E-state index is 13.0. The molecule has 1 saturated carbocycles. The van der Waals surface area contributed by atoms with Gasteiger partial charge in [0.05, 0.1) is 4.90 Å². The minimum Gasteiger partial charge on any atom is -0.550 e. The molecule has 3 rings (SSSR count). The Morgan fingerprint density at radius 2 is 1.67 bits per heavy atom. The topological polar surface area (TPSA) is 98.3 Å². The van der Waals surface area contributed by atoms with Crippen LogP contribution in [0, 0.1) is 12.8 Å². The minimum atomic E-state index is -3.72. The van der Waals surface area contributed by atoms with Gasteiger partial charge in [-0.15, -0.1) is 0 Å². The van der Waals surface area contributed by atoms with E-state index in [0.717, 1.165) is 11.1 Å². The standard InChI is InChI=1S/C22H28N2O4S.Li/c1-17-7-9-20(10-8-17)29(27,28)24-22(13-11-19(12-14-22)21(25)26)16-23-15-18-5-3-2-4-6-18;/h2-10,19,23-24H,11-16H2,1H3,(H,25,26);/q;+1/p-1. The summed E-state index contributed by atoms with van der Waals surface area (Å²) in [6.45, 7) is 2.94. The average molecular weight is 422 g/mol. The second-order valence-electron chi connectivity index (χ2n) is 7.88. The van der Waals surface area contributed by atoms with Gasteiger partial charge in [0.15, 0.2) is 0 Å². The van der Waals surface area contributed by atoms with Crippen LogP contribution in [-0.4, -0.2) is 26.5 Å². The molecule has 2 aromatic rings. The van der Waals surface area contributed by atoms with Crippen LogP contribution < -0.4 is 34.0 Å². The average Bonchev–Trinajstić information content (AvgIpc) is 2.69. The van der Waals surface area contributed by atoms with Gasteiger partial charge >= 0.3 is 18.9 Å². The summed E-state index contributed by atoms with van der Waals surface area (Å²) < 4.78 is 28.9. The molecule has 30 heavy (non-hydrogen) atoms. The normalized spacial score (nSPS) is 21.6. The van der Waals surface area contributed by atoms with Crippen molar-refractivity contribution in [3.05, 3.63) is 65.7 Å². The molecular formula is C22H27LiN2O4S. The van der Waals surface area contributed by atoms with E-state index >= 15 is 0 Å². The zero-order valence-corrected chi connectivity index (χ0v) is 18.4. The number of nitrogens with one attached hydrogen (secondary N) is 2. The minimum absolute atomic E-state index is 0. The number of sulfonamides is 1. The molecule has 2 aromatic carbocycles. The zero-order chi connectivity index (χ0) is 20.9. The van der Waals surface area contributed by atoms with Crippen LogP contribution in [0.25, 0.3) is 0 Å². The van der Waals surface area contributed by atoms with E-state index in [0.29, 0.717) is 38.8 Å². The van der Waals surface area contributed by atoms with Crippen LogP contribution >= 0.6 is 0 Å². The number of carbonyl (C=O) groups excluding carboxylic acids is 1. The Hall–Kier alpha value is -1.62. The van der Waals surface area contributed by atoms with E-state index in [9.17, 15) is 18.3 Å².